The Labute approximate surface area is 97.1 Å². The number of nitrogens with one attached hydrogen (secondary N) is 1. The molecule has 5 nitrogen and oxygen atoms in total. The van der Waals surface area contributed by atoms with Crippen molar-refractivity contribution in [1.29, 1.82) is 0 Å². The minimum absolute atomic E-state index is 0.478. The quantitative estimate of drug-likeness (QED) is 0.846. The fraction of sp³-hybridized carbons (Fsp3) is 0.500. The maximum Gasteiger partial charge on any atom is 0.193 e. The first kappa shape index (κ1) is 9.92. The van der Waals surface area contributed by atoms with Crippen LogP contribution in [-0.4, -0.2) is 20.2 Å². The highest BCUT2D eigenvalue weighted by Crippen LogP contribution is 2.39. The maximum atomic E-state index is 5.57. The lowest BCUT2D eigenvalue weighted by Gasteiger charge is -1.88. The number of aryl methyl sites for hydroxylation is 1. The van der Waals surface area contributed by atoms with Gasteiger partial charge in [-0.3, -0.25) is 5.10 Å². The number of thiazole rings is 1. The Morgan fingerprint density at radius 3 is 2.88 bits per heavy atom. The first-order valence-corrected chi connectivity index (χ1v) is 6.18. The molecule has 0 aliphatic heterocycles. The van der Waals surface area contributed by atoms with E-state index in [1.165, 1.54) is 12.8 Å². The molecule has 2 heterocycles. The van der Waals surface area contributed by atoms with Crippen LogP contribution >= 0.6 is 11.3 Å². The number of hydrogen-bond donors (Lipinski definition) is 2. The summed E-state index contributed by atoms with van der Waals surface area (Å²) >= 11 is 1.58. The normalized spacial score (nSPS) is 15.6. The van der Waals surface area contributed by atoms with Crippen LogP contribution in [-0.2, 0) is 6.54 Å². The van der Waals surface area contributed by atoms with Crippen molar-refractivity contribution >= 4 is 11.3 Å². The second-order valence-corrected chi connectivity index (χ2v) is 5.13. The van der Waals surface area contributed by atoms with Gasteiger partial charge in [-0.05, 0) is 19.8 Å². The van der Waals surface area contributed by atoms with Crippen LogP contribution < -0.4 is 5.73 Å². The van der Waals surface area contributed by atoms with Gasteiger partial charge >= 0.3 is 0 Å². The number of rotatable bonds is 3. The Morgan fingerprint density at radius 1 is 1.44 bits per heavy atom. The molecule has 1 aliphatic carbocycles. The molecule has 3 N–H and O–H groups in total. The molecule has 0 amide bonds. The molecule has 0 bridgehead atoms. The van der Waals surface area contributed by atoms with Gasteiger partial charge in [-0.25, -0.2) is 9.97 Å². The van der Waals surface area contributed by atoms with Gasteiger partial charge in [0.2, 0.25) is 0 Å². The van der Waals surface area contributed by atoms with Gasteiger partial charge < -0.3 is 5.73 Å². The third-order valence-corrected chi connectivity index (χ3v) is 3.86. The van der Waals surface area contributed by atoms with E-state index in [1.807, 2.05) is 6.92 Å². The van der Waals surface area contributed by atoms with Crippen molar-refractivity contribution in [1.82, 2.24) is 20.2 Å². The average molecular weight is 235 g/mol. The standard InChI is InChI=1S/C10H13N5S/c1-5-8(16-7(4-11)12-5)10-13-9(14-15-10)6-2-3-6/h6H,2-4,11H2,1H3,(H,13,14,15). The van der Waals surface area contributed by atoms with E-state index in [4.69, 9.17) is 5.73 Å². The van der Waals surface area contributed by atoms with Crippen LogP contribution in [0.5, 0.6) is 0 Å². The second-order valence-electron chi connectivity index (χ2n) is 4.04. The zero-order valence-corrected chi connectivity index (χ0v) is 9.84. The largest absolute Gasteiger partial charge is 0.325 e. The van der Waals surface area contributed by atoms with Crippen molar-refractivity contribution in [2.24, 2.45) is 5.73 Å². The predicted octanol–water partition coefficient (Wildman–Crippen LogP) is 1.57. The van der Waals surface area contributed by atoms with E-state index < -0.39 is 0 Å². The van der Waals surface area contributed by atoms with Crippen molar-refractivity contribution in [3.63, 3.8) is 0 Å². The molecule has 1 saturated carbocycles. The summed E-state index contributed by atoms with van der Waals surface area (Å²) in [4.78, 5) is 9.92. The molecular weight excluding hydrogens is 222 g/mol. The number of H-pyrrole nitrogens is 1. The van der Waals surface area contributed by atoms with E-state index in [0.29, 0.717) is 12.5 Å². The summed E-state index contributed by atoms with van der Waals surface area (Å²) in [6.45, 7) is 2.45. The number of hydrogen-bond acceptors (Lipinski definition) is 5. The Bertz CT molecular complexity index is 511. The third-order valence-electron chi connectivity index (χ3n) is 2.69. The summed E-state index contributed by atoms with van der Waals surface area (Å²) in [5.74, 6) is 2.37. The van der Waals surface area contributed by atoms with Gasteiger partial charge in [-0.15, -0.1) is 11.3 Å². The van der Waals surface area contributed by atoms with Gasteiger partial charge in [0.15, 0.2) is 5.82 Å². The average Bonchev–Trinajstić information content (AvgIpc) is 2.89. The van der Waals surface area contributed by atoms with E-state index in [-0.39, 0.29) is 0 Å². The number of nitrogens with zero attached hydrogens (tertiary/aromatic N) is 3. The van der Waals surface area contributed by atoms with Crippen molar-refractivity contribution in [3.8, 4) is 10.7 Å². The van der Waals surface area contributed by atoms with Crippen molar-refractivity contribution in [3.05, 3.63) is 16.5 Å². The van der Waals surface area contributed by atoms with Gasteiger partial charge in [0.05, 0.1) is 10.6 Å². The van der Waals surface area contributed by atoms with Crippen molar-refractivity contribution in [2.75, 3.05) is 0 Å². The number of aromatic amines is 1. The molecule has 0 atom stereocenters. The van der Waals surface area contributed by atoms with Gasteiger partial charge in [0.25, 0.3) is 0 Å². The summed E-state index contributed by atoms with van der Waals surface area (Å²) in [7, 11) is 0. The molecule has 0 radical (unpaired) electrons. The van der Waals surface area contributed by atoms with Gasteiger partial charge in [0.1, 0.15) is 10.8 Å². The zero-order valence-electron chi connectivity index (χ0n) is 9.03. The molecule has 0 saturated heterocycles. The molecule has 1 aliphatic rings. The maximum absolute atomic E-state index is 5.57. The van der Waals surface area contributed by atoms with E-state index in [0.717, 1.165) is 27.2 Å². The molecule has 0 spiro atoms. The molecule has 2 aromatic heterocycles. The highest BCUT2D eigenvalue weighted by Gasteiger charge is 2.27. The van der Waals surface area contributed by atoms with Gasteiger partial charge in [-0.1, -0.05) is 0 Å². The van der Waals surface area contributed by atoms with Crippen LogP contribution in [0.25, 0.3) is 10.7 Å². The topological polar surface area (TPSA) is 80.5 Å². The highest BCUT2D eigenvalue weighted by molar-refractivity contribution is 7.15. The minimum atomic E-state index is 0.478. The molecule has 0 aromatic carbocycles. The molecule has 16 heavy (non-hydrogen) atoms. The molecule has 3 rings (SSSR count). The molecule has 0 unspecified atom stereocenters. The Balaban J connectivity index is 1.96. The fourth-order valence-electron chi connectivity index (χ4n) is 1.66. The molecule has 1 fully saturated rings. The Hall–Kier alpha value is -1.27. The summed E-state index contributed by atoms with van der Waals surface area (Å²) in [5, 5.41) is 8.19. The monoisotopic (exact) mass is 235 g/mol. The third kappa shape index (κ3) is 1.64. The lowest BCUT2D eigenvalue weighted by Crippen LogP contribution is -1.94. The summed E-state index contributed by atoms with van der Waals surface area (Å²) < 4.78 is 0. The van der Waals surface area contributed by atoms with E-state index in [1.54, 1.807) is 11.3 Å². The molecule has 84 valence electrons. The van der Waals surface area contributed by atoms with E-state index in [2.05, 4.69) is 20.2 Å². The highest BCUT2D eigenvalue weighted by atomic mass is 32.1. The van der Waals surface area contributed by atoms with Crippen LogP contribution in [0.4, 0.5) is 0 Å². The van der Waals surface area contributed by atoms with Crippen LogP contribution in [0.15, 0.2) is 0 Å². The van der Waals surface area contributed by atoms with E-state index >= 15 is 0 Å². The summed E-state index contributed by atoms with van der Waals surface area (Å²) in [6.07, 6.45) is 2.45. The zero-order chi connectivity index (χ0) is 11.1. The first-order chi connectivity index (χ1) is 7.78. The molecule has 2 aromatic rings. The smallest absolute Gasteiger partial charge is 0.193 e. The first-order valence-electron chi connectivity index (χ1n) is 5.37. The molecule has 6 heteroatoms. The van der Waals surface area contributed by atoms with Gasteiger partial charge in [0, 0.05) is 12.5 Å². The predicted molar refractivity (Wildman–Crippen MR) is 62.1 cm³/mol. The van der Waals surface area contributed by atoms with Crippen LogP contribution in [0.2, 0.25) is 0 Å². The van der Waals surface area contributed by atoms with E-state index in [9.17, 15) is 0 Å². The lowest BCUT2D eigenvalue weighted by molar-refractivity contribution is 0.935. The number of aromatic nitrogens is 4. The SMILES string of the molecule is Cc1nc(CN)sc1-c1n[nH]c(C2CC2)n1. The van der Waals surface area contributed by atoms with Crippen molar-refractivity contribution in [2.45, 2.75) is 32.2 Å². The van der Waals surface area contributed by atoms with Crippen LogP contribution in [0.1, 0.15) is 35.3 Å². The Morgan fingerprint density at radius 2 is 2.25 bits per heavy atom. The fourth-order valence-corrected chi connectivity index (χ4v) is 2.54. The van der Waals surface area contributed by atoms with Crippen LogP contribution in [0.3, 0.4) is 0 Å². The Kier molecular flexibility index (Phi) is 2.26. The van der Waals surface area contributed by atoms with Crippen LogP contribution in [0, 0.1) is 6.92 Å². The van der Waals surface area contributed by atoms with Gasteiger partial charge in [-0.2, -0.15) is 5.10 Å². The lowest BCUT2D eigenvalue weighted by atomic mass is 10.4. The van der Waals surface area contributed by atoms with Crippen molar-refractivity contribution < 1.29 is 0 Å². The number of nitrogens with two attached hydrogens (primary N) is 1. The summed E-state index contributed by atoms with van der Waals surface area (Å²) in [5.41, 5.74) is 6.54. The second kappa shape index (κ2) is 3.64. The minimum Gasteiger partial charge on any atom is -0.325 e. The molecular formula is C10H13N5S. The summed E-state index contributed by atoms with van der Waals surface area (Å²) in [6, 6.07) is 0.